The molecule has 5 heteroatoms. The molecule has 0 unspecified atom stereocenters. The van der Waals surface area contributed by atoms with Crippen LogP contribution in [0.15, 0.2) is 54.1 Å². The predicted molar refractivity (Wildman–Crippen MR) is 109 cm³/mol. The molecule has 1 heterocycles. The van der Waals surface area contributed by atoms with Crippen molar-refractivity contribution in [1.29, 1.82) is 0 Å². The van der Waals surface area contributed by atoms with Crippen LogP contribution >= 0.6 is 0 Å². The van der Waals surface area contributed by atoms with Crippen molar-refractivity contribution in [1.82, 2.24) is 0 Å². The van der Waals surface area contributed by atoms with Gasteiger partial charge in [0.2, 0.25) is 0 Å². The van der Waals surface area contributed by atoms with E-state index in [4.69, 9.17) is 9.47 Å². The van der Waals surface area contributed by atoms with Gasteiger partial charge in [-0.2, -0.15) is 0 Å². The van der Waals surface area contributed by atoms with E-state index >= 15 is 0 Å². The number of carbonyl (C=O) groups excluding carboxylic acids is 2. The molecule has 2 atom stereocenters. The van der Waals surface area contributed by atoms with E-state index in [1.54, 1.807) is 13.0 Å². The van der Waals surface area contributed by atoms with E-state index in [0.29, 0.717) is 11.5 Å². The molecular formula is C23H25NO4. The van der Waals surface area contributed by atoms with Gasteiger partial charge >= 0.3 is 5.97 Å². The molecule has 1 amide bonds. The Morgan fingerprint density at radius 2 is 1.82 bits per heavy atom. The number of carbonyl (C=O) groups is 2. The first-order chi connectivity index (χ1) is 13.5. The summed E-state index contributed by atoms with van der Waals surface area (Å²) in [7, 11) is 0. The maximum absolute atomic E-state index is 12.6. The van der Waals surface area contributed by atoms with Crippen molar-refractivity contribution in [2.45, 2.75) is 39.2 Å². The minimum absolute atomic E-state index is 0.126. The van der Waals surface area contributed by atoms with Crippen LogP contribution in [0.5, 0.6) is 5.75 Å². The second-order valence-electron chi connectivity index (χ2n) is 6.93. The van der Waals surface area contributed by atoms with E-state index in [2.05, 4.69) is 19.2 Å². The van der Waals surface area contributed by atoms with Crippen molar-refractivity contribution in [3.63, 3.8) is 0 Å². The Balaban J connectivity index is 1.65. The van der Waals surface area contributed by atoms with Gasteiger partial charge in [-0.1, -0.05) is 50.2 Å². The molecule has 0 bridgehead atoms. The molecular weight excluding hydrogens is 354 g/mol. The summed E-state index contributed by atoms with van der Waals surface area (Å²) in [6.45, 7) is 5.91. The van der Waals surface area contributed by atoms with Crippen LogP contribution in [-0.2, 0) is 14.3 Å². The summed E-state index contributed by atoms with van der Waals surface area (Å²) in [4.78, 5) is 25.0. The van der Waals surface area contributed by atoms with Crippen molar-refractivity contribution in [2.75, 3.05) is 11.9 Å². The van der Waals surface area contributed by atoms with E-state index < -0.39 is 12.1 Å². The fraction of sp³-hybridized carbons (Fsp3) is 0.304. The van der Waals surface area contributed by atoms with Crippen LogP contribution < -0.4 is 10.1 Å². The standard InChI is InChI=1S/C23H25NO4/c1-4-15(2)19-10-6-7-11-20(19)24-22(25)16(3)28-23(26)18-13-17-9-5-8-12-21(17)27-14-18/h5-13,15-16H,4,14H2,1-3H3,(H,24,25)/t15-,16+/m1/s1. The maximum atomic E-state index is 12.6. The molecule has 28 heavy (non-hydrogen) atoms. The van der Waals surface area contributed by atoms with Gasteiger partial charge in [-0.05, 0) is 43.0 Å². The number of hydrogen-bond acceptors (Lipinski definition) is 4. The highest BCUT2D eigenvalue weighted by molar-refractivity contribution is 5.99. The molecule has 1 aliphatic rings. The topological polar surface area (TPSA) is 64.6 Å². The molecule has 0 aromatic heterocycles. The minimum Gasteiger partial charge on any atom is -0.488 e. The van der Waals surface area contributed by atoms with Gasteiger partial charge in [0, 0.05) is 11.3 Å². The third-order valence-electron chi connectivity index (χ3n) is 4.91. The number of ether oxygens (including phenoxy) is 2. The molecule has 0 saturated heterocycles. The number of rotatable bonds is 6. The third-order valence-corrected chi connectivity index (χ3v) is 4.91. The quantitative estimate of drug-likeness (QED) is 0.748. The fourth-order valence-corrected chi connectivity index (χ4v) is 3.02. The number of para-hydroxylation sites is 2. The molecule has 146 valence electrons. The highest BCUT2D eigenvalue weighted by Gasteiger charge is 2.24. The summed E-state index contributed by atoms with van der Waals surface area (Å²) in [5.41, 5.74) is 3.02. The van der Waals surface area contributed by atoms with Crippen molar-refractivity contribution < 1.29 is 19.1 Å². The molecule has 1 N–H and O–H groups in total. The number of amides is 1. The summed E-state index contributed by atoms with van der Waals surface area (Å²) in [6, 6.07) is 15.2. The number of anilines is 1. The number of fused-ring (bicyclic) bond motifs is 1. The first-order valence-electron chi connectivity index (χ1n) is 9.52. The summed E-state index contributed by atoms with van der Waals surface area (Å²) in [5.74, 6) is 0.139. The average Bonchev–Trinajstić information content (AvgIpc) is 2.73. The first kappa shape index (κ1) is 19.7. The molecule has 5 nitrogen and oxygen atoms in total. The van der Waals surface area contributed by atoms with Crippen LogP contribution in [-0.4, -0.2) is 24.6 Å². The zero-order chi connectivity index (χ0) is 20.1. The summed E-state index contributed by atoms with van der Waals surface area (Å²) < 4.78 is 10.9. The molecule has 2 aromatic carbocycles. The summed E-state index contributed by atoms with van der Waals surface area (Å²) in [6.07, 6.45) is 1.78. The predicted octanol–water partition coefficient (Wildman–Crippen LogP) is 4.55. The minimum atomic E-state index is -0.921. The number of esters is 1. The third kappa shape index (κ3) is 4.42. The van der Waals surface area contributed by atoms with Gasteiger partial charge in [-0.3, -0.25) is 4.79 Å². The average molecular weight is 379 g/mol. The SMILES string of the molecule is CC[C@@H](C)c1ccccc1NC(=O)[C@H](C)OC(=O)C1=Cc2ccccc2OC1. The van der Waals surface area contributed by atoms with Crippen LogP contribution in [0.2, 0.25) is 0 Å². The molecule has 0 fully saturated rings. The first-order valence-corrected chi connectivity index (χ1v) is 9.52. The molecule has 3 rings (SSSR count). The molecule has 0 aliphatic carbocycles. The van der Waals surface area contributed by atoms with Gasteiger partial charge in [-0.25, -0.2) is 4.79 Å². The lowest BCUT2D eigenvalue weighted by atomic mass is 9.97. The van der Waals surface area contributed by atoms with Gasteiger partial charge in [0.1, 0.15) is 12.4 Å². The second-order valence-corrected chi connectivity index (χ2v) is 6.93. The van der Waals surface area contributed by atoms with Gasteiger partial charge in [0.25, 0.3) is 5.91 Å². The smallest absolute Gasteiger partial charge is 0.338 e. The lowest BCUT2D eigenvalue weighted by Gasteiger charge is -2.20. The zero-order valence-electron chi connectivity index (χ0n) is 16.4. The Bertz CT molecular complexity index is 903. The van der Waals surface area contributed by atoms with E-state index in [9.17, 15) is 9.59 Å². The van der Waals surface area contributed by atoms with Crippen LogP contribution in [0.4, 0.5) is 5.69 Å². The van der Waals surface area contributed by atoms with Crippen LogP contribution in [0.25, 0.3) is 6.08 Å². The second kappa shape index (κ2) is 8.74. The number of benzene rings is 2. The Morgan fingerprint density at radius 3 is 2.61 bits per heavy atom. The normalized spacial score (nSPS) is 14.8. The van der Waals surface area contributed by atoms with E-state index in [1.165, 1.54) is 0 Å². The lowest BCUT2D eigenvalue weighted by molar-refractivity contribution is -0.149. The van der Waals surface area contributed by atoms with Gasteiger partial charge in [-0.15, -0.1) is 0 Å². The molecule has 2 aromatic rings. The van der Waals surface area contributed by atoms with E-state index in [0.717, 1.165) is 29.0 Å². The largest absolute Gasteiger partial charge is 0.488 e. The lowest BCUT2D eigenvalue weighted by Crippen LogP contribution is -2.31. The maximum Gasteiger partial charge on any atom is 0.338 e. The Labute approximate surface area is 165 Å². The summed E-state index contributed by atoms with van der Waals surface area (Å²) in [5, 5.41) is 2.88. The number of nitrogens with one attached hydrogen (secondary N) is 1. The van der Waals surface area contributed by atoms with Crippen molar-refractivity contribution >= 4 is 23.6 Å². The van der Waals surface area contributed by atoms with Crippen molar-refractivity contribution in [2.24, 2.45) is 0 Å². The Kier molecular flexibility index (Phi) is 6.14. The molecule has 0 saturated carbocycles. The highest BCUT2D eigenvalue weighted by Crippen LogP contribution is 2.28. The van der Waals surface area contributed by atoms with Crippen molar-refractivity contribution in [3.8, 4) is 5.75 Å². The van der Waals surface area contributed by atoms with Crippen LogP contribution in [0.3, 0.4) is 0 Å². The van der Waals surface area contributed by atoms with Gasteiger partial charge in [0.15, 0.2) is 6.10 Å². The zero-order valence-corrected chi connectivity index (χ0v) is 16.4. The van der Waals surface area contributed by atoms with Crippen LogP contribution in [0, 0.1) is 0 Å². The Hall–Kier alpha value is -3.08. The molecule has 0 spiro atoms. The monoisotopic (exact) mass is 379 g/mol. The van der Waals surface area contributed by atoms with Gasteiger partial charge < -0.3 is 14.8 Å². The molecule has 0 radical (unpaired) electrons. The Morgan fingerprint density at radius 1 is 1.11 bits per heavy atom. The van der Waals surface area contributed by atoms with Crippen molar-refractivity contribution in [3.05, 3.63) is 65.2 Å². The van der Waals surface area contributed by atoms with E-state index in [1.807, 2.05) is 48.5 Å². The number of hydrogen-bond donors (Lipinski definition) is 1. The van der Waals surface area contributed by atoms with E-state index in [-0.39, 0.29) is 12.5 Å². The fourth-order valence-electron chi connectivity index (χ4n) is 3.02. The highest BCUT2D eigenvalue weighted by atomic mass is 16.6. The van der Waals surface area contributed by atoms with Gasteiger partial charge in [0.05, 0.1) is 5.57 Å². The molecule has 1 aliphatic heterocycles. The summed E-state index contributed by atoms with van der Waals surface area (Å²) >= 11 is 0. The van der Waals surface area contributed by atoms with Crippen LogP contribution in [0.1, 0.15) is 44.2 Å².